The Bertz CT molecular complexity index is 1020. The number of anilines is 1. The molecule has 0 spiro atoms. The van der Waals surface area contributed by atoms with Gasteiger partial charge in [-0.1, -0.05) is 41.9 Å². The van der Waals surface area contributed by atoms with Crippen molar-refractivity contribution >= 4 is 23.3 Å². The van der Waals surface area contributed by atoms with Gasteiger partial charge in [0.2, 0.25) is 0 Å². The van der Waals surface area contributed by atoms with Crippen LogP contribution in [0, 0.1) is 17.3 Å². The number of carboxylic acids is 1. The van der Waals surface area contributed by atoms with Gasteiger partial charge >= 0.3 is 0 Å². The fourth-order valence-corrected chi connectivity index (χ4v) is 7.05. The first-order chi connectivity index (χ1) is 14.4. The minimum absolute atomic E-state index is 0.0704. The Kier molecular flexibility index (Phi) is 4.65. The Labute approximate surface area is 180 Å². The van der Waals surface area contributed by atoms with Gasteiger partial charge < -0.3 is 15.2 Å². The van der Waals surface area contributed by atoms with E-state index >= 15 is 0 Å². The van der Waals surface area contributed by atoms with Crippen LogP contribution in [0.1, 0.15) is 50.5 Å². The first kappa shape index (κ1) is 19.6. The first-order valence-electron chi connectivity index (χ1n) is 10.6. The second kappa shape index (κ2) is 7.12. The molecular weight excluding hydrogens is 402 g/mol. The lowest BCUT2D eigenvalue weighted by Crippen LogP contribution is -2.60. The monoisotopic (exact) mass is 426 g/mol. The third kappa shape index (κ3) is 3.31. The average Bonchev–Trinajstić information content (AvgIpc) is 2.67. The molecule has 6 rings (SSSR count). The normalized spacial score (nSPS) is 31.6. The molecule has 4 aliphatic carbocycles. The maximum atomic E-state index is 13.2. The summed E-state index contributed by atoms with van der Waals surface area (Å²) >= 11 is 6.48. The molecule has 4 bridgehead atoms. The van der Waals surface area contributed by atoms with E-state index in [1.165, 1.54) is 0 Å². The number of nitrogens with zero attached hydrogens (tertiary/aromatic N) is 2. The highest BCUT2D eigenvalue weighted by Crippen LogP contribution is 2.64. The van der Waals surface area contributed by atoms with E-state index in [1.807, 2.05) is 30.3 Å². The zero-order chi connectivity index (χ0) is 20.9. The number of aromatic nitrogens is 2. The number of carboxylic acid groups (broad SMARTS) is 1. The van der Waals surface area contributed by atoms with Gasteiger partial charge in [0.25, 0.3) is 5.56 Å². The van der Waals surface area contributed by atoms with Gasteiger partial charge in [0.15, 0.2) is 0 Å². The molecule has 4 aliphatic rings. The van der Waals surface area contributed by atoms with Crippen molar-refractivity contribution in [3.8, 4) is 0 Å². The average molecular weight is 427 g/mol. The molecular formula is C23H25ClN3O3-. The summed E-state index contributed by atoms with van der Waals surface area (Å²) in [6, 6.07) is 9.89. The molecule has 0 amide bonds. The molecule has 1 heterocycles. The fraction of sp³-hybridized carbons (Fsp3) is 0.522. The predicted molar refractivity (Wildman–Crippen MR) is 112 cm³/mol. The molecule has 1 aromatic carbocycles. The molecule has 2 aromatic rings. The van der Waals surface area contributed by atoms with Crippen LogP contribution in [0.2, 0.25) is 5.02 Å². The largest absolute Gasteiger partial charge is 0.550 e. The van der Waals surface area contributed by atoms with Gasteiger partial charge in [-0.3, -0.25) is 4.79 Å². The standard InChI is InChI=1S/C23H26ClN3O3/c24-20-18(25-12-15-4-2-1-3-5-15)13-26-27(21(20)30)23-9-16-6-17(10-23)8-22(7-16,14-23)11-19(28)29/h1-5,13,16-17,25H,6-12,14H2,(H,28,29)/p-1/t16-,17+,22?,23?. The Morgan fingerprint density at radius 2 is 1.90 bits per heavy atom. The van der Waals surface area contributed by atoms with E-state index in [0.29, 0.717) is 30.5 Å². The van der Waals surface area contributed by atoms with E-state index in [-0.39, 0.29) is 22.4 Å². The second-order valence-corrected chi connectivity index (χ2v) is 10.0. The van der Waals surface area contributed by atoms with Crippen LogP contribution in [0.3, 0.4) is 0 Å². The van der Waals surface area contributed by atoms with Crippen LogP contribution in [0.5, 0.6) is 0 Å². The lowest BCUT2D eigenvalue weighted by Gasteiger charge is -2.62. The lowest BCUT2D eigenvalue weighted by atomic mass is 9.46. The van der Waals surface area contributed by atoms with E-state index in [2.05, 4.69) is 10.4 Å². The molecule has 0 saturated heterocycles. The van der Waals surface area contributed by atoms with Crippen LogP contribution in [0.25, 0.3) is 0 Å². The van der Waals surface area contributed by atoms with Crippen LogP contribution < -0.4 is 16.0 Å². The van der Waals surface area contributed by atoms with Gasteiger partial charge in [-0.05, 0) is 67.8 Å². The van der Waals surface area contributed by atoms with E-state index in [9.17, 15) is 14.7 Å². The second-order valence-electron chi connectivity index (χ2n) is 9.66. The van der Waals surface area contributed by atoms with E-state index in [0.717, 1.165) is 37.7 Å². The smallest absolute Gasteiger partial charge is 0.288 e. The molecule has 2 unspecified atom stereocenters. The Balaban J connectivity index is 1.45. The zero-order valence-electron chi connectivity index (χ0n) is 16.8. The number of carbonyl (C=O) groups excluding carboxylic acids is 1. The van der Waals surface area contributed by atoms with Gasteiger partial charge in [-0.15, -0.1) is 0 Å². The van der Waals surface area contributed by atoms with E-state index < -0.39 is 11.5 Å². The summed E-state index contributed by atoms with van der Waals surface area (Å²) in [5.74, 6) is -0.117. The SMILES string of the molecule is O=C([O-])CC12C[C@H]3C[C@@H](C1)CC(n1ncc(NCc4ccccc4)c(Cl)c1=O)(C3)C2. The zero-order valence-corrected chi connectivity index (χ0v) is 17.5. The summed E-state index contributed by atoms with van der Waals surface area (Å²) in [5.41, 5.74) is 0.609. The highest BCUT2D eigenvalue weighted by atomic mass is 35.5. The molecule has 6 nitrogen and oxygen atoms in total. The molecule has 1 aromatic heterocycles. The number of halogens is 1. The van der Waals surface area contributed by atoms with Gasteiger partial charge in [0.1, 0.15) is 5.02 Å². The Hall–Kier alpha value is -2.34. The molecule has 30 heavy (non-hydrogen) atoms. The van der Waals surface area contributed by atoms with Gasteiger partial charge in [-0.2, -0.15) is 5.10 Å². The summed E-state index contributed by atoms with van der Waals surface area (Å²) in [7, 11) is 0. The Morgan fingerprint density at radius 1 is 1.20 bits per heavy atom. The molecule has 158 valence electrons. The number of aliphatic carboxylic acids is 1. The topological polar surface area (TPSA) is 87.0 Å². The molecule has 0 radical (unpaired) electrons. The van der Waals surface area contributed by atoms with Crippen molar-refractivity contribution in [2.24, 2.45) is 17.3 Å². The number of nitrogens with one attached hydrogen (secondary N) is 1. The molecule has 4 saturated carbocycles. The van der Waals surface area contributed by atoms with Crippen molar-refractivity contribution in [2.45, 2.75) is 57.0 Å². The van der Waals surface area contributed by atoms with Gasteiger partial charge in [0.05, 0.1) is 17.4 Å². The summed E-state index contributed by atoms with van der Waals surface area (Å²) in [6.07, 6.45) is 7.07. The maximum absolute atomic E-state index is 13.2. The van der Waals surface area contributed by atoms with Crippen molar-refractivity contribution < 1.29 is 9.90 Å². The van der Waals surface area contributed by atoms with E-state index in [4.69, 9.17) is 11.6 Å². The van der Waals surface area contributed by atoms with Crippen molar-refractivity contribution in [1.29, 1.82) is 0 Å². The van der Waals surface area contributed by atoms with Crippen LogP contribution in [0.4, 0.5) is 5.69 Å². The van der Waals surface area contributed by atoms with Crippen molar-refractivity contribution in [3.05, 3.63) is 57.5 Å². The van der Waals surface area contributed by atoms with Crippen LogP contribution in [-0.4, -0.2) is 15.7 Å². The number of benzene rings is 1. The maximum Gasteiger partial charge on any atom is 0.288 e. The number of carbonyl (C=O) groups is 1. The van der Waals surface area contributed by atoms with Crippen molar-refractivity contribution in [3.63, 3.8) is 0 Å². The fourth-order valence-electron chi connectivity index (χ4n) is 6.85. The summed E-state index contributed by atoms with van der Waals surface area (Å²) in [4.78, 5) is 24.7. The van der Waals surface area contributed by atoms with Gasteiger partial charge in [-0.25, -0.2) is 4.68 Å². The molecule has 1 N–H and O–H groups in total. The minimum atomic E-state index is -0.995. The number of rotatable bonds is 6. The summed E-state index contributed by atoms with van der Waals surface area (Å²) < 4.78 is 1.57. The minimum Gasteiger partial charge on any atom is -0.550 e. The van der Waals surface area contributed by atoms with Crippen LogP contribution >= 0.6 is 11.6 Å². The van der Waals surface area contributed by atoms with Crippen molar-refractivity contribution in [2.75, 3.05) is 5.32 Å². The first-order valence-corrected chi connectivity index (χ1v) is 11.0. The molecule has 7 heteroatoms. The van der Waals surface area contributed by atoms with Crippen molar-refractivity contribution in [1.82, 2.24) is 9.78 Å². The number of hydrogen-bond acceptors (Lipinski definition) is 5. The predicted octanol–water partition coefficient (Wildman–Crippen LogP) is 2.94. The summed E-state index contributed by atoms with van der Waals surface area (Å²) in [6.45, 7) is 0.551. The third-order valence-electron chi connectivity index (χ3n) is 7.36. The number of hydrogen-bond donors (Lipinski definition) is 1. The quantitative estimate of drug-likeness (QED) is 0.767. The molecule has 0 aliphatic heterocycles. The summed E-state index contributed by atoms with van der Waals surface area (Å²) in [5, 5.41) is 19.4. The van der Waals surface area contributed by atoms with E-state index in [1.54, 1.807) is 10.9 Å². The van der Waals surface area contributed by atoms with Crippen LogP contribution in [0.15, 0.2) is 41.3 Å². The van der Waals surface area contributed by atoms with Crippen LogP contribution in [-0.2, 0) is 16.9 Å². The highest BCUT2D eigenvalue weighted by Gasteiger charge is 2.59. The third-order valence-corrected chi connectivity index (χ3v) is 7.73. The Morgan fingerprint density at radius 3 is 2.57 bits per heavy atom. The molecule has 4 fully saturated rings. The van der Waals surface area contributed by atoms with Gasteiger partial charge in [0, 0.05) is 12.5 Å². The highest BCUT2D eigenvalue weighted by molar-refractivity contribution is 6.32. The molecule has 4 atom stereocenters. The lowest BCUT2D eigenvalue weighted by molar-refractivity contribution is -0.310.